The molecule has 0 unspecified atom stereocenters. The number of aryl methyl sites for hydroxylation is 3. The maximum absolute atomic E-state index is 12.3. The van der Waals surface area contributed by atoms with Gasteiger partial charge in [0.05, 0.1) is 11.7 Å². The zero-order valence-corrected chi connectivity index (χ0v) is 13.3. The van der Waals surface area contributed by atoms with Crippen molar-refractivity contribution in [2.75, 3.05) is 5.32 Å². The summed E-state index contributed by atoms with van der Waals surface area (Å²) in [6.07, 6.45) is 6.94. The smallest absolute Gasteiger partial charge is 0.321 e. The first kappa shape index (κ1) is 14.4. The van der Waals surface area contributed by atoms with Gasteiger partial charge in [0.25, 0.3) is 5.56 Å². The van der Waals surface area contributed by atoms with Crippen LogP contribution in [-0.4, -0.2) is 26.0 Å². The van der Waals surface area contributed by atoms with Gasteiger partial charge in [-0.05, 0) is 57.4 Å². The average molecular weight is 315 g/mol. The van der Waals surface area contributed by atoms with Crippen molar-refractivity contribution < 1.29 is 4.52 Å². The Bertz CT molecular complexity index is 758. The van der Waals surface area contributed by atoms with Crippen molar-refractivity contribution in [3.8, 4) is 0 Å². The summed E-state index contributed by atoms with van der Waals surface area (Å²) in [5, 5.41) is 11.7. The summed E-state index contributed by atoms with van der Waals surface area (Å²) in [5.74, 6) is 0.634. The van der Waals surface area contributed by atoms with Gasteiger partial charge in [-0.2, -0.15) is 10.1 Å². The number of nitrogens with one attached hydrogen (secondary N) is 1. The third-order valence-electron chi connectivity index (χ3n) is 4.88. The summed E-state index contributed by atoms with van der Waals surface area (Å²) < 4.78 is 6.83. The first-order chi connectivity index (χ1) is 11.2. The van der Waals surface area contributed by atoms with Crippen molar-refractivity contribution in [1.29, 1.82) is 0 Å². The first-order valence-electron chi connectivity index (χ1n) is 8.37. The maximum Gasteiger partial charge on any atom is 0.321 e. The van der Waals surface area contributed by atoms with Crippen molar-refractivity contribution in [2.45, 2.75) is 64.0 Å². The number of fused-ring (bicyclic) bond motifs is 1. The number of aromatic nitrogens is 4. The summed E-state index contributed by atoms with van der Waals surface area (Å²) in [6.45, 7) is 1.80. The van der Waals surface area contributed by atoms with Gasteiger partial charge >= 0.3 is 6.01 Å². The SMILES string of the molecule is Cc1noc(NC2CCC(n3nc4c(cc3=O)CCC4)CC2)n1. The van der Waals surface area contributed by atoms with Gasteiger partial charge in [0.15, 0.2) is 5.82 Å². The Hall–Kier alpha value is -2.18. The lowest BCUT2D eigenvalue weighted by molar-refractivity contribution is 0.298. The minimum absolute atomic E-state index is 0.0505. The fourth-order valence-electron chi connectivity index (χ4n) is 3.67. The van der Waals surface area contributed by atoms with Crippen LogP contribution in [0.1, 0.15) is 55.2 Å². The molecule has 0 saturated heterocycles. The lowest BCUT2D eigenvalue weighted by atomic mass is 9.91. The van der Waals surface area contributed by atoms with Crippen LogP contribution in [0.15, 0.2) is 15.4 Å². The van der Waals surface area contributed by atoms with Gasteiger partial charge in [0, 0.05) is 12.1 Å². The number of anilines is 1. The summed E-state index contributed by atoms with van der Waals surface area (Å²) in [4.78, 5) is 16.5. The van der Waals surface area contributed by atoms with E-state index in [0.717, 1.165) is 56.2 Å². The van der Waals surface area contributed by atoms with Crippen molar-refractivity contribution in [3.05, 3.63) is 33.5 Å². The summed E-state index contributed by atoms with van der Waals surface area (Å²) >= 11 is 0. The van der Waals surface area contributed by atoms with Gasteiger partial charge in [-0.25, -0.2) is 4.68 Å². The van der Waals surface area contributed by atoms with Crippen LogP contribution in [0.5, 0.6) is 0 Å². The number of hydrogen-bond donors (Lipinski definition) is 1. The molecule has 0 atom stereocenters. The number of nitrogens with zero attached hydrogens (tertiary/aromatic N) is 4. The van der Waals surface area contributed by atoms with Crippen LogP contribution >= 0.6 is 0 Å². The third-order valence-corrected chi connectivity index (χ3v) is 4.88. The quantitative estimate of drug-likeness (QED) is 0.932. The lowest BCUT2D eigenvalue weighted by Crippen LogP contribution is -2.33. The highest BCUT2D eigenvalue weighted by atomic mass is 16.5. The molecule has 1 N–H and O–H groups in total. The van der Waals surface area contributed by atoms with Crippen LogP contribution in [0, 0.1) is 6.92 Å². The van der Waals surface area contributed by atoms with E-state index in [1.807, 2.05) is 0 Å². The highest BCUT2D eigenvalue weighted by molar-refractivity contribution is 5.23. The minimum Gasteiger partial charge on any atom is -0.335 e. The van der Waals surface area contributed by atoms with Gasteiger partial charge in [0.1, 0.15) is 0 Å². The molecule has 7 heteroatoms. The molecule has 7 nitrogen and oxygen atoms in total. The summed E-state index contributed by atoms with van der Waals surface area (Å²) in [6, 6.07) is 2.80. The van der Waals surface area contributed by atoms with Crippen molar-refractivity contribution in [1.82, 2.24) is 19.9 Å². The van der Waals surface area contributed by atoms with Crippen LogP contribution in [0.3, 0.4) is 0 Å². The molecule has 2 aliphatic carbocycles. The van der Waals surface area contributed by atoms with Crippen LogP contribution in [0.25, 0.3) is 0 Å². The van der Waals surface area contributed by atoms with E-state index in [2.05, 4.69) is 20.6 Å². The van der Waals surface area contributed by atoms with Gasteiger partial charge in [-0.1, -0.05) is 5.16 Å². The first-order valence-corrected chi connectivity index (χ1v) is 8.37. The second-order valence-corrected chi connectivity index (χ2v) is 6.55. The van der Waals surface area contributed by atoms with Gasteiger partial charge in [-0.15, -0.1) is 0 Å². The molecule has 4 rings (SSSR count). The number of hydrogen-bond acceptors (Lipinski definition) is 6. The Morgan fingerprint density at radius 2 is 2.09 bits per heavy atom. The molecule has 2 aliphatic rings. The van der Waals surface area contributed by atoms with E-state index >= 15 is 0 Å². The Morgan fingerprint density at radius 1 is 1.26 bits per heavy atom. The number of rotatable bonds is 3. The largest absolute Gasteiger partial charge is 0.335 e. The lowest BCUT2D eigenvalue weighted by Gasteiger charge is -2.29. The van der Waals surface area contributed by atoms with E-state index in [4.69, 9.17) is 4.52 Å². The molecule has 0 radical (unpaired) electrons. The zero-order valence-electron chi connectivity index (χ0n) is 13.3. The Labute approximate surface area is 134 Å². The predicted molar refractivity (Wildman–Crippen MR) is 84.5 cm³/mol. The molecule has 23 heavy (non-hydrogen) atoms. The van der Waals surface area contributed by atoms with Crippen molar-refractivity contribution >= 4 is 6.01 Å². The molecule has 122 valence electrons. The van der Waals surface area contributed by atoms with Crippen molar-refractivity contribution in [2.24, 2.45) is 0 Å². The van der Waals surface area contributed by atoms with Crippen molar-refractivity contribution in [3.63, 3.8) is 0 Å². The molecule has 1 fully saturated rings. The molecule has 2 heterocycles. The molecule has 1 saturated carbocycles. The third kappa shape index (κ3) is 2.87. The van der Waals surface area contributed by atoms with Gasteiger partial charge in [-0.3, -0.25) is 4.79 Å². The van der Waals surface area contributed by atoms with Crippen LogP contribution < -0.4 is 10.9 Å². The van der Waals surface area contributed by atoms with E-state index in [0.29, 0.717) is 17.9 Å². The minimum atomic E-state index is 0.0505. The average Bonchev–Trinajstić information content (AvgIpc) is 3.16. The fraction of sp³-hybridized carbons (Fsp3) is 0.625. The standard InChI is InChI=1S/C16H21N5O2/c1-10-17-16(23-20-10)18-12-5-7-13(8-6-12)21-15(22)9-11-3-2-4-14(11)19-21/h9,12-13H,2-8H2,1H3,(H,17,18,20). The molecule has 2 aromatic rings. The molecule has 2 aromatic heterocycles. The molecule has 0 bridgehead atoms. The monoisotopic (exact) mass is 315 g/mol. The predicted octanol–water partition coefficient (Wildman–Crippen LogP) is 2.02. The summed E-state index contributed by atoms with van der Waals surface area (Å²) in [5.41, 5.74) is 2.31. The van der Waals surface area contributed by atoms with E-state index in [-0.39, 0.29) is 11.6 Å². The van der Waals surface area contributed by atoms with E-state index in [1.165, 1.54) is 0 Å². The Balaban J connectivity index is 1.42. The zero-order chi connectivity index (χ0) is 15.8. The Kier molecular flexibility index (Phi) is 3.63. The van der Waals surface area contributed by atoms with E-state index in [9.17, 15) is 4.79 Å². The summed E-state index contributed by atoms with van der Waals surface area (Å²) in [7, 11) is 0. The van der Waals surface area contributed by atoms with Gasteiger partial charge < -0.3 is 9.84 Å². The second kappa shape index (κ2) is 5.79. The molecular weight excluding hydrogens is 294 g/mol. The van der Waals surface area contributed by atoms with Crippen LogP contribution in [0.2, 0.25) is 0 Å². The highest BCUT2D eigenvalue weighted by Crippen LogP contribution is 2.29. The molecule has 0 amide bonds. The van der Waals surface area contributed by atoms with E-state index in [1.54, 1.807) is 17.7 Å². The van der Waals surface area contributed by atoms with Crippen LogP contribution in [0.4, 0.5) is 6.01 Å². The second-order valence-electron chi connectivity index (χ2n) is 6.55. The van der Waals surface area contributed by atoms with E-state index < -0.39 is 0 Å². The van der Waals surface area contributed by atoms with Gasteiger partial charge in [0.2, 0.25) is 0 Å². The molecular formula is C16H21N5O2. The molecule has 0 spiro atoms. The topological polar surface area (TPSA) is 85.8 Å². The highest BCUT2D eigenvalue weighted by Gasteiger charge is 2.26. The molecule has 0 aliphatic heterocycles. The maximum atomic E-state index is 12.3. The Morgan fingerprint density at radius 3 is 2.83 bits per heavy atom. The van der Waals surface area contributed by atoms with Crippen LogP contribution in [-0.2, 0) is 12.8 Å². The molecule has 0 aromatic carbocycles. The normalized spacial score (nSPS) is 23.7. The fourth-order valence-corrected chi connectivity index (χ4v) is 3.67.